The summed E-state index contributed by atoms with van der Waals surface area (Å²) in [4.78, 5) is 30.8. The highest BCUT2D eigenvalue weighted by Crippen LogP contribution is 2.46. The minimum atomic E-state index is -0.704. The van der Waals surface area contributed by atoms with Gasteiger partial charge in [-0.15, -0.1) is 0 Å². The van der Waals surface area contributed by atoms with Crippen LogP contribution in [0.3, 0.4) is 0 Å². The molecule has 7 nitrogen and oxygen atoms in total. The van der Waals surface area contributed by atoms with E-state index in [0.717, 1.165) is 34.0 Å². The number of hydrogen-bond donors (Lipinski definition) is 1. The van der Waals surface area contributed by atoms with Crippen molar-refractivity contribution in [3.63, 3.8) is 0 Å². The summed E-state index contributed by atoms with van der Waals surface area (Å²) in [6, 6.07) is 11.1. The van der Waals surface area contributed by atoms with Gasteiger partial charge in [0.25, 0.3) is 0 Å². The van der Waals surface area contributed by atoms with Crippen molar-refractivity contribution in [3.8, 4) is 12.1 Å². The monoisotopic (exact) mass is 467 g/mol. The number of anilines is 2. The molecule has 1 aliphatic heterocycles. The third-order valence-electron chi connectivity index (χ3n) is 4.88. The van der Waals surface area contributed by atoms with Crippen molar-refractivity contribution in [1.29, 1.82) is 10.5 Å². The summed E-state index contributed by atoms with van der Waals surface area (Å²) in [5, 5.41) is 18.7. The van der Waals surface area contributed by atoms with Crippen LogP contribution in [-0.2, 0) is 9.59 Å². The summed E-state index contributed by atoms with van der Waals surface area (Å²) < 4.78 is 0.842. The molecule has 0 spiro atoms. The summed E-state index contributed by atoms with van der Waals surface area (Å²) in [5.74, 6) is -0.497. The van der Waals surface area contributed by atoms with Crippen LogP contribution in [-0.4, -0.2) is 22.0 Å². The van der Waals surface area contributed by atoms with Crippen molar-refractivity contribution >= 4 is 51.0 Å². The Morgan fingerprint density at radius 2 is 1.79 bits per heavy atom. The fraction of sp³-hybridized carbons (Fsp3) is 0.250. The first-order valence-corrected chi connectivity index (χ1v) is 10.5. The zero-order valence-electron chi connectivity index (χ0n) is 15.1. The Balaban J connectivity index is 1.67. The molecule has 2 heterocycles. The summed E-state index contributed by atoms with van der Waals surface area (Å²) in [7, 11) is 0. The molecule has 1 saturated carbocycles. The Hall–Kier alpha value is -2.88. The van der Waals surface area contributed by atoms with Gasteiger partial charge in [-0.2, -0.15) is 10.5 Å². The number of carbonyl (C=O) groups is 2. The van der Waals surface area contributed by atoms with Crippen LogP contribution in [0.4, 0.5) is 11.5 Å². The fourth-order valence-electron chi connectivity index (χ4n) is 3.38. The van der Waals surface area contributed by atoms with Crippen LogP contribution in [0.25, 0.3) is 0 Å². The van der Waals surface area contributed by atoms with E-state index in [4.69, 9.17) is 5.73 Å². The van der Waals surface area contributed by atoms with E-state index in [9.17, 15) is 20.1 Å². The van der Waals surface area contributed by atoms with Crippen LogP contribution in [0, 0.1) is 22.7 Å². The number of imide groups is 1. The van der Waals surface area contributed by atoms with Crippen molar-refractivity contribution in [3.05, 3.63) is 45.4 Å². The Kier molecular flexibility index (Phi) is 5.03. The van der Waals surface area contributed by atoms with Gasteiger partial charge in [-0.05, 0) is 48.6 Å². The average molecular weight is 468 g/mol. The second-order valence-corrected chi connectivity index (χ2v) is 8.93. The molecule has 1 aromatic heterocycles. The highest BCUT2D eigenvalue weighted by molar-refractivity contribution is 9.10. The van der Waals surface area contributed by atoms with Gasteiger partial charge in [-0.3, -0.25) is 9.59 Å². The molecule has 29 heavy (non-hydrogen) atoms. The third kappa shape index (κ3) is 3.48. The maximum Gasteiger partial charge on any atom is 0.247 e. The van der Waals surface area contributed by atoms with Crippen molar-refractivity contribution < 1.29 is 9.59 Å². The Bertz CT molecular complexity index is 1120. The van der Waals surface area contributed by atoms with Gasteiger partial charge in [0.05, 0.1) is 22.1 Å². The molecule has 1 atom stereocenters. The number of carbonyl (C=O) groups excluding carboxylic acids is 2. The van der Waals surface area contributed by atoms with Crippen LogP contribution in [0.5, 0.6) is 0 Å². The van der Waals surface area contributed by atoms with Gasteiger partial charge >= 0.3 is 0 Å². The second kappa shape index (κ2) is 7.51. The van der Waals surface area contributed by atoms with E-state index in [0.29, 0.717) is 16.3 Å². The van der Waals surface area contributed by atoms with Crippen molar-refractivity contribution in [2.45, 2.75) is 35.5 Å². The number of thioether (sulfide) groups is 1. The summed E-state index contributed by atoms with van der Waals surface area (Å²) >= 11 is 4.40. The van der Waals surface area contributed by atoms with Gasteiger partial charge in [0.2, 0.25) is 11.8 Å². The Morgan fingerprint density at radius 3 is 2.38 bits per heavy atom. The quantitative estimate of drug-likeness (QED) is 0.682. The lowest BCUT2D eigenvalue weighted by Gasteiger charge is -2.16. The number of halogens is 1. The number of nitriles is 2. The highest BCUT2D eigenvalue weighted by Gasteiger charge is 2.41. The maximum atomic E-state index is 12.9. The molecule has 9 heteroatoms. The molecule has 0 bridgehead atoms. The third-order valence-corrected chi connectivity index (χ3v) is 6.58. The smallest absolute Gasteiger partial charge is 0.247 e. The predicted octanol–water partition coefficient (Wildman–Crippen LogP) is 3.47. The molecule has 2 fully saturated rings. The number of nitrogens with zero attached hydrogens (tertiary/aromatic N) is 4. The molecule has 144 valence electrons. The first-order valence-electron chi connectivity index (χ1n) is 8.87. The molecule has 4 rings (SSSR count). The molecule has 2 aliphatic rings. The number of nitrogen functional groups attached to an aromatic ring is 1. The molecule has 1 aromatic carbocycles. The topological polar surface area (TPSA) is 124 Å². The first kappa shape index (κ1) is 19.4. The maximum absolute atomic E-state index is 12.9. The van der Waals surface area contributed by atoms with Gasteiger partial charge in [-0.1, -0.05) is 27.7 Å². The van der Waals surface area contributed by atoms with Gasteiger partial charge in [0.1, 0.15) is 23.0 Å². The van der Waals surface area contributed by atoms with Crippen LogP contribution in [0.15, 0.2) is 33.8 Å². The lowest BCUT2D eigenvalue weighted by atomic mass is 10.0. The van der Waals surface area contributed by atoms with E-state index in [1.165, 1.54) is 0 Å². The van der Waals surface area contributed by atoms with Crippen molar-refractivity contribution in [2.75, 3.05) is 10.6 Å². The largest absolute Gasteiger partial charge is 0.383 e. The van der Waals surface area contributed by atoms with Crippen LogP contribution < -0.4 is 10.6 Å². The van der Waals surface area contributed by atoms with Crippen molar-refractivity contribution in [2.24, 2.45) is 0 Å². The number of rotatable bonds is 4. The van der Waals surface area contributed by atoms with Crippen LogP contribution in [0.2, 0.25) is 0 Å². The van der Waals surface area contributed by atoms with Crippen molar-refractivity contribution in [1.82, 2.24) is 4.98 Å². The zero-order valence-corrected chi connectivity index (χ0v) is 17.5. The average Bonchev–Trinajstić information content (AvgIpc) is 3.49. The zero-order chi connectivity index (χ0) is 20.7. The van der Waals surface area contributed by atoms with E-state index in [-0.39, 0.29) is 41.1 Å². The number of amides is 2. The minimum absolute atomic E-state index is 0.00474. The summed E-state index contributed by atoms with van der Waals surface area (Å²) in [5.41, 5.74) is 7.60. The van der Waals surface area contributed by atoms with Gasteiger partial charge < -0.3 is 5.73 Å². The molecule has 1 aliphatic carbocycles. The van der Waals surface area contributed by atoms with Gasteiger partial charge in [0.15, 0.2) is 0 Å². The number of benzene rings is 1. The van der Waals surface area contributed by atoms with E-state index in [1.807, 2.05) is 6.07 Å². The predicted molar refractivity (Wildman–Crippen MR) is 111 cm³/mol. The number of hydrogen-bond acceptors (Lipinski definition) is 7. The Labute approximate surface area is 179 Å². The normalized spacial score (nSPS) is 18.6. The molecule has 2 N–H and O–H groups in total. The summed E-state index contributed by atoms with van der Waals surface area (Å²) in [6.07, 6.45) is 1.77. The number of pyridine rings is 1. The molecule has 0 radical (unpaired) electrons. The van der Waals surface area contributed by atoms with E-state index >= 15 is 0 Å². The van der Waals surface area contributed by atoms with Crippen LogP contribution >= 0.6 is 27.7 Å². The van der Waals surface area contributed by atoms with Crippen LogP contribution in [0.1, 0.15) is 41.9 Å². The SMILES string of the molecule is N#Cc1c(N)nc(SC2CC(=O)N(c3ccc(Br)cc3)C2=O)c(C#N)c1C1CC1. The Morgan fingerprint density at radius 1 is 1.14 bits per heavy atom. The first-order chi connectivity index (χ1) is 13.9. The van der Waals surface area contributed by atoms with E-state index in [2.05, 4.69) is 27.0 Å². The standard InChI is InChI=1S/C20H14BrN5O2S/c21-11-3-5-12(6-4-11)26-16(27)7-15(20(26)28)29-19-14(9-23)17(10-1-2-10)13(8-22)18(24)25-19/h3-6,10,15H,1-2,7H2,(H2,24,25). The minimum Gasteiger partial charge on any atom is -0.383 e. The highest BCUT2D eigenvalue weighted by atomic mass is 79.9. The molecule has 1 saturated heterocycles. The molecular weight excluding hydrogens is 454 g/mol. The summed E-state index contributed by atoms with van der Waals surface area (Å²) in [6.45, 7) is 0. The van der Waals surface area contributed by atoms with Gasteiger partial charge in [-0.25, -0.2) is 9.88 Å². The fourth-order valence-corrected chi connectivity index (χ4v) is 4.77. The molecule has 1 unspecified atom stereocenters. The van der Waals surface area contributed by atoms with Gasteiger partial charge in [0, 0.05) is 10.9 Å². The van der Waals surface area contributed by atoms with E-state index < -0.39 is 5.25 Å². The molecule has 2 aromatic rings. The van der Waals surface area contributed by atoms with E-state index in [1.54, 1.807) is 24.3 Å². The lowest BCUT2D eigenvalue weighted by Crippen LogP contribution is -2.31. The molecular formula is C20H14BrN5O2S. The second-order valence-electron chi connectivity index (χ2n) is 6.82. The lowest BCUT2D eigenvalue weighted by molar-refractivity contribution is -0.121. The molecule has 2 amide bonds. The number of aromatic nitrogens is 1. The number of nitrogens with two attached hydrogens (primary N) is 1.